The fraction of sp³-hybridized carbons (Fsp3) is 0.737. The Balaban J connectivity index is 2.00. The van der Waals surface area contributed by atoms with Gasteiger partial charge in [0.15, 0.2) is 0 Å². The molecule has 0 aromatic carbocycles. The predicted molar refractivity (Wildman–Crippen MR) is 98.0 cm³/mol. The molecule has 1 atom stereocenters. The van der Waals surface area contributed by atoms with E-state index < -0.39 is 11.4 Å². The zero-order chi connectivity index (χ0) is 19.5. The summed E-state index contributed by atoms with van der Waals surface area (Å²) in [5.41, 5.74) is 2.24. The van der Waals surface area contributed by atoms with Gasteiger partial charge in [0.25, 0.3) is 0 Å². The minimum Gasteiger partial charge on any atom is -0.481 e. The third kappa shape index (κ3) is 4.26. The molecule has 1 N–H and O–H groups in total. The number of hydrogen-bond acceptors (Lipinski definition) is 4. The van der Waals surface area contributed by atoms with E-state index in [1.54, 1.807) is 4.90 Å². The molecule has 1 fully saturated rings. The van der Waals surface area contributed by atoms with Gasteiger partial charge in [0, 0.05) is 38.9 Å². The maximum Gasteiger partial charge on any atom is 0.313 e. The summed E-state index contributed by atoms with van der Waals surface area (Å²) in [7, 11) is 1.50. The molecule has 1 aromatic heterocycles. The highest BCUT2D eigenvalue weighted by Crippen LogP contribution is 2.32. The first kappa shape index (κ1) is 20.4. The van der Waals surface area contributed by atoms with E-state index in [0.29, 0.717) is 31.7 Å². The Kier molecular flexibility index (Phi) is 6.44. The van der Waals surface area contributed by atoms with E-state index in [1.165, 1.54) is 7.11 Å². The van der Waals surface area contributed by atoms with Crippen LogP contribution in [-0.4, -0.2) is 58.5 Å². The predicted octanol–water partition coefficient (Wildman–Crippen LogP) is 2.04. The van der Waals surface area contributed by atoms with Gasteiger partial charge >= 0.3 is 5.97 Å². The highest BCUT2D eigenvalue weighted by atomic mass is 16.5. The van der Waals surface area contributed by atoms with Gasteiger partial charge in [-0.2, -0.15) is 5.10 Å². The summed E-state index contributed by atoms with van der Waals surface area (Å²) in [5.74, 6) is -0.382. The lowest BCUT2D eigenvalue weighted by molar-refractivity contribution is -0.151. The number of rotatable bonds is 8. The number of carbonyl (C=O) groups is 2. The summed E-state index contributed by atoms with van der Waals surface area (Å²) in [6.07, 6.45) is 1.44. The first-order chi connectivity index (χ1) is 12.2. The first-order valence-electron chi connectivity index (χ1n) is 9.23. The van der Waals surface area contributed by atoms with E-state index in [2.05, 4.69) is 18.9 Å². The molecule has 0 aliphatic carbocycles. The summed E-state index contributed by atoms with van der Waals surface area (Å²) in [5, 5.41) is 14.1. The molecule has 0 bridgehead atoms. The third-order valence-corrected chi connectivity index (χ3v) is 5.24. The third-order valence-electron chi connectivity index (χ3n) is 5.24. The maximum atomic E-state index is 12.6. The van der Waals surface area contributed by atoms with Crippen molar-refractivity contribution in [2.24, 2.45) is 11.3 Å². The van der Waals surface area contributed by atoms with Crippen LogP contribution in [0.4, 0.5) is 0 Å². The lowest BCUT2D eigenvalue weighted by atomic mass is 9.88. The second-order valence-electron chi connectivity index (χ2n) is 7.81. The van der Waals surface area contributed by atoms with Gasteiger partial charge in [-0.05, 0) is 38.2 Å². The number of methoxy groups -OCH3 is 1. The lowest BCUT2D eigenvalue weighted by Gasteiger charge is -2.23. The molecule has 2 heterocycles. The number of likely N-dealkylation sites (tertiary alicyclic amines) is 1. The summed E-state index contributed by atoms with van der Waals surface area (Å²) < 4.78 is 7.10. The van der Waals surface area contributed by atoms with Crippen molar-refractivity contribution < 1.29 is 19.4 Å². The molecule has 1 aliphatic heterocycles. The Bertz CT molecular complexity index is 668. The molecule has 7 nitrogen and oxygen atoms in total. The minimum atomic E-state index is -0.974. The first-order valence-corrected chi connectivity index (χ1v) is 9.23. The fourth-order valence-electron chi connectivity index (χ4n) is 3.73. The van der Waals surface area contributed by atoms with E-state index in [1.807, 2.05) is 18.5 Å². The van der Waals surface area contributed by atoms with Crippen LogP contribution < -0.4 is 0 Å². The molecule has 0 saturated carbocycles. The zero-order valence-corrected chi connectivity index (χ0v) is 16.5. The van der Waals surface area contributed by atoms with Crippen molar-refractivity contribution in [3.63, 3.8) is 0 Å². The highest BCUT2D eigenvalue weighted by molar-refractivity contribution is 5.81. The Labute approximate surface area is 155 Å². The van der Waals surface area contributed by atoms with Gasteiger partial charge in [-0.15, -0.1) is 0 Å². The average molecular weight is 365 g/mol. The molecule has 0 spiro atoms. The Morgan fingerprint density at radius 2 is 2.04 bits per heavy atom. The van der Waals surface area contributed by atoms with Crippen LogP contribution in [0.15, 0.2) is 0 Å². The van der Waals surface area contributed by atoms with Crippen LogP contribution in [0.1, 0.15) is 43.6 Å². The zero-order valence-electron chi connectivity index (χ0n) is 16.5. The van der Waals surface area contributed by atoms with E-state index >= 15 is 0 Å². The summed E-state index contributed by atoms with van der Waals surface area (Å²) in [6.45, 7) is 10.0. The average Bonchev–Trinajstić information content (AvgIpc) is 3.09. The van der Waals surface area contributed by atoms with Crippen LogP contribution in [0.5, 0.6) is 0 Å². The monoisotopic (exact) mass is 365 g/mol. The second kappa shape index (κ2) is 8.20. The number of aliphatic carboxylic acids is 1. The van der Waals surface area contributed by atoms with Crippen molar-refractivity contribution in [1.82, 2.24) is 14.7 Å². The standard InChI is InChI=1S/C19H31N3O4/c1-13(2)10-22-15(4)16(14(3)20-22)6-7-17(23)21-9-8-19(11-21,12-26-5)18(24)25/h13H,6-12H2,1-5H3,(H,24,25). The van der Waals surface area contributed by atoms with Gasteiger partial charge in [0.2, 0.25) is 5.91 Å². The van der Waals surface area contributed by atoms with Crippen molar-refractivity contribution >= 4 is 11.9 Å². The molecular formula is C19H31N3O4. The van der Waals surface area contributed by atoms with Crippen LogP contribution >= 0.6 is 0 Å². The molecule has 1 aliphatic rings. The number of nitrogens with zero attached hydrogens (tertiary/aromatic N) is 3. The lowest BCUT2D eigenvalue weighted by Crippen LogP contribution is -2.40. The number of amides is 1. The maximum absolute atomic E-state index is 12.6. The van der Waals surface area contributed by atoms with E-state index in [0.717, 1.165) is 23.5 Å². The number of aromatic nitrogens is 2. The van der Waals surface area contributed by atoms with Crippen molar-refractivity contribution in [1.29, 1.82) is 0 Å². The van der Waals surface area contributed by atoms with Crippen molar-refractivity contribution in [2.75, 3.05) is 26.8 Å². The van der Waals surface area contributed by atoms with Crippen LogP contribution in [0.2, 0.25) is 0 Å². The van der Waals surface area contributed by atoms with Gasteiger partial charge < -0.3 is 14.7 Å². The van der Waals surface area contributed by atoms with Gasteiger partial charge in [-0.1, -0.05) is 13.8 Å². The highest BCUT2D eigenvalue weighted by Gasteiger charge is 2.46. The molecule has 146 valence electrons. The van der Waals surface area contributed by atoms with Gasteiger partial charge in [0.1, 0.15) is 5.41 Å². The van der Waals surface area contributed by atoms with Gasteiger partial charge in [0.05, 0.1) is 12.3 Å². The normalized spacial score (nSPS) is 20.2. The van der Waals surface area contributed by atoms with Crippen LogP contribution in [0.3, 0.4) is 0 Å². The van der Waals surface area contributed by atoms with E-state index in [4.69, 9.17) is 4.74 Å². The molecule has 1 saturated heterocycles. The largest absolute Gasteiger partial charge is 0.481 e. The summed E-state index contributed by atoms with van der Waals surface area (Å²) >= 11 is 0. The Morgan fingerprint density at radius 3 is 2.62 bits per heavy atom. The van der Waals surface area contributed by atoms with Crippen molar-refractivity contribution in [3.05, 3.63) is 17.0 Å². The van der Waals surface area contributed by atoms with Gasteiger partial charge in [-0.25, -0.2) is 0 Å². The van der Waals surface area contributed by atoms with E-state index in [9.17, 15) is 14.7 Å². The number of carbonyl (C=O) groups excluding carboxylic acids is 1. The number of carboxylic acids is 1. The van der Waals surface area contributed by atoms with Crippen LogP contribution in [-0.2, 0) is 27.3 Å². The van der Waals surface area contributed by atoms with Crippen molar-refractivity contribution in [2.45, 2.75) is 53.5 Å². The van der Waals surface area contributed by atoms with E-state index in [-0.39, 0.29) is 19.1 Å². The molecular weight excluding hydrogens is 334 g/mol. The summed E-state index contributed by atoms with van der Waals surface area (Å²) in [4.78, 5) is 25.9. The van der Waals surface area contributed by atoms with Crippen molar-refractivity contribution in [3.8, 4) is 0 Å². The number of aryl methyl sites for hydroxylation is 1. The minimum absolute atomic E-state index is 0.000336. The Morgan fingerprint density at radius 1 is 1.35 bits per heavy atom. The quantitative estimate of drug-likeness (QED) is 0.762. The molecule has 7 heteroatoms. The molecule has 1 amide bonds. The summed E-state index contributed by atoms with van der Waals surface area (Å²) in [6, 6.07) is 0. The number of carboxylic acid groups (broad SMARTS) is 1. The molecule has 1 aromatic rings. The second-order valence-corrected chi connectivity index (χ2v) is 7.81. The fourth-order valence-corrected chi connectivity index (χ4v) is 3.73. The van der Waals surface area contributed by atoms with Gasteiger partial charge in [-0.3, -0.25) is 14.3 Å². The number of hydrogen-bond donors (Lipinski definition) is 1. The topological polar surface area (TPSA) is 84.7 Å². The smallest absolute Gasteiger partial charge is 0.313 e. The molecule has 0 radical (unpaired) electrons. The van der Waals surface area contributed by atoms with Crippen LogP contribution in [0, 0.1) is 25.2 Å². The molecule has 2 rings (SSSR count). The number of ether oxygens (including phenoxy) is 1. The van der Waals surface area contributed by atoms with Crippen LogP contribution in [0.25, 0.3) is 0 Å². The molecule has 26 heavy (non-hydrogen) atoms. The SMILES string of the molecule is COCC1(C(=O)O)CCN(C(=O)CCc2c(C)nn(CC(C)C)c2C)C1. The Hall–Kier alpha value is -1.89. The molecule has 1 unspecified atom stereocenters.